The van der Waals surface area contributed by atoms with Crippen LogP contribution in [0.5, 0.6) is 0 Å². The second-order valence-electron chi connectivity index (χ2n) is 4.24. The number of ether oxygens (including phenoxy) is 2. The molecule has 1 aliphatic heterocycles. The second kappa shape index (κ2) is 6.18. The van der Waals surface area contributed by atoms with Crippen LogP contribution >= 0.6 is 11.6 Å². The quantitative estimate of drug-likeness (QED) is 0.855. The molecule has 1 saturated heterocycles. The first-order chi connectivity index (χ1) is 8.70. The van der Waals surface area contributed by atoms with Gasteiger partial charge in [-0.25, -0.2) is 0 Å². The average Bonchev–Trinajstić information content (AvgIpc) is 2.92. The van der Waals surface area contributed by atoms with Crippen LogP contribution in [0.25, 0.3) is 0 Å². The monoisotopic (exact) mass is 269 g/mol. The third kappa shape index (κ3) is 3.22. The maximum atomic E-state index is 11.7. The topological polar surface area (TPSA) is 47.6 Å². The van der Waals surface area contributed by atoms with Crippen molar-refractivity contribution in [3.05, 3.63) is 29.8 Å². The molecule has 1 N–H and O–H groups in total. The summed E-state index contributed by atoms with van der Waals surface area (Å²) >= 11 is 5.65. The normalized spacial score (nSPS) is 17.7. The summed E-state index contributed by atoms with van der Waals surface area (Å²) in [5.41, 5.74) is 1.64. The predicted octanol–water partition coefficient (Wildman–Crippen LogP) is 2.55. The number of anilines is 1. The van der Waals surface area contributed by atoms with Gasteiger partial charge in [-0.3, -0.25) is 4.79 Å². The zero-order chi connectivity index (χ0) is 13.0. The van der Waals surface area contributed by atoms with Gasteiger partial charge in [0, 0.05) is 23.0 Å². The van der Waals surface area contributed by atoms with Crippen LogP contribution in [0, 0.1) is 5.92 Å². The highest BCUT2D eigenvalue weighted by atomic mass is 35.5. The molecular formula is C13H16ClNO3. The first kappa shape index (κ1) is 13.3. The molecule has 1 atom stereocenters. The molecule has 0 saturated carbocycles. The molecule has 0 spiro atoms. The first-order valence-electron chi connectivity index (χ1n) is 5.90. The molecule has 1 heterocycles. The maximum Gasteiger partial charge on any atom is 0.228 e. The van der Waals surface area contributed by atoms with Crippen molar-refractivity contribution in [2.24, 2.45) is 5.92 Å². The highest BCUT2D eigenvalue weighted by Crippen LogP contribution is 2.25. The van der Waals surface area contributed by atoms with Crippen molar-refractivity contribution < 1.29 is 14.3 Å². The third-order valence-corrected chi connectivity index (χ3v) is 3.19. The number of rotatable bonds is 4. The molecule has 1 amide bonds. The summed E-state index contributed by atoms with van der Waals surface area (Å²) in [4.78, 5) is 11.7. The molecule has 5 heteroatoms. The van der Waals surface area contributed by atoms with Gasteiger partial charge in [0.05, 0.1) is 13.2 Å². The Labute approximate surface area is 111 Å². The number of nitrogens with one attached hydrogen (secondary N) is 1. The lowest BCUT2D eigenvalue weighted by molar-refractivity contribution is -0.118. The fourth-order valence-corrected chi connectivity index (χ4v) is 1.79. The molecule has 1 unspecified atom stereocenters. The van der Waals surface area contributed by atoms with Crippen molar-refractivity contribution in [3.8, 4) is 0 Å². The van der Waals surface area contributed by atoms with Gasteiger partial charge in [0.2, 0.25) is 5.91 Å². The Hall–Kier alpha value is -1.10. The average molecular weight is 270 g/mol. The van der Waals surface area contributed by atoms with Gasteiger partial charge >= 0.3 is 0 Å². The van der Waals surface area contributed by atoms with E-state index in [0.717, 1.165) is 11.3 Å². The van der Waals surface area contributed by atoms with Gasteiger partial charge in [-0.1, -0.05) is 19.1 Å². The molecular weight excluding hydrogens is 254 g/mol. The highest BCUT2D eigenvalue weighted by Gasteiger charge is 2.19. The van der Waals surface area contributed by atoms with Crippen LogP contribution in [0.1, 0.15) is 18.8 Å². The summed E-state index contributed by atoms with van der Waals surface area (Å²) in [6.07, 6.45) is -0.327. The van der Waals surface area contributed by atoms with Gasteiger partial charge in [0.1, 0.15) is 0 Å². The molecule has 2 rings (SSSR count). The number of hydrogen-bond acceptors (Lipinski definition) is 3. The Morgan fingerprint density at radius 3 is 2.89 bits per heavy atom. The summed E-state index contributed by atoms with van der Waals surface area (Å²) in [6.45, 7) is 2.99. The number of carbonyl (C=O) groups is 1. The summed E-state index contributed by atoms with van der Waals surface area (Å²) in [7, 11) is 0. The maximum absolute atomic E-state index is 11.7. The molecule has 18 heavy (non-hydrogen) atoms. The van der Waals surface area contributed by atoms with Crippen LogP contribution < -0.4 is 5.32 Å². The van der Waals surface area contributed by atoms with Gasteiger partial charge in [-0.15, -0.1) is 11.6 Å². The van der Waals surface area contributed by atoms with Crippen molar-refractivity contribution in [1.82, 2.24) is 0 Å². The van der Waals surface area contributed by atoms with E-state index in [1.807, 2.05) is 24.3 Å². The van der Waals surface area contributed by atoms with Crippen molar-refractivity contribution in [2.45, 2.75) is 13.2 Å². The van der Waals surface area contributed by atoms with E-state index in [0.29, 0.717) is 19.1 Å². The number of halogens is 1. The number of alkyl halides is 1. The number of hydrogen-bond donors (Lipinski definition) is 1. The molecule has 0 bridgehead atoms. The summed E-state index contributed by atoms with van der Waals surface area (Å²) in [5.74, 6) is 0.00473. The minimum atomic E-state index is -0.327. The van der Waals surface area contributed by atoms with E-state index in [-0.39, 0.29) is 18.1 Å². The summed E-state index contributed by atoms with van der Waals surface area (Å²) < 4.78 is 10.8. The van der Waals surface area contributed by atoms with E-state index in [1.165, 1.54) is 0 Å². The van der Waals surface area contributed by atoms with E-state index in [9.17, 15) is 4.79 Å². The van der Waals surface area contributed by atoms with Crippen LogP contribution in [0.15, 0.2) is 24.3 Å². The zero-order valence-corrected chi connectivity index (χ0v) is 10.9. The van der Waals surface area contributed by atoms with Crippen molar-refractivity contribution in [2.75, 3.05) is 24.4 Å². The molecule has 1 aromatic rings. The minimum Gasteiger partial charge on any atom is -0.346 e. The lowest BCUT2D eigenvalue weighted by Gasteiger charge is -2.13. The Kier molecular flexibility index (Phi) is 4.58. The lowest BCUT2D eigenvalue weighted by atomic mass is 10.1. The van der Waals surface area contributed by atoms with Crippen LogP contribution in [0.4, 0.5) is 5.69 Å². The summed E-state index contributed by atoms with van der Waals surface area (Å²) in [6, 6.07) is 7.46. The molecule has 98 valence electrons. The van der Waals surface area contributed by atoms with Crippen molar-refractivity contribution >= 4 is 23.2 Å². The Morgan fingerprint density at radius 2 is 2.22 bits per heavy atom. The largest absolute Gasteiger partial charge is 0.346 e. The first-order valence-corrected chi connectivity index (χ1v) is 6.44. The van der Waals surface area contributed by atoms with Gasteiger partial charge in [-0.2, -0.15) is 0 Å². The Bertz CT molecular complexity index is 418. The standard InChI is InChI=1S/C13H16ClNO3/c1-9(8-14)12(16)15-11-4-2-3-10(7-11)13-17-5-6-18-13/h2-4,7,9,13H,5-6,8H2,1H3,(H,15,16). The van der Waals surface area contributed by atoms with E-state index in [2.05, 4.69) is 5.32 Å². The Morgan fingerprint density at radius 1 is 1.50 bits per heavy atom. The fraction of sp³-hybridized carbons (Fsp3) is 0.462. The number of benzene rings is 1. The lowest BCUT2D eigenvalue weighted by Crippen LogP contribution is -2.21. The van der Waals surface area contributed by atoms with Gasteiger partial charge in [0.25, 0.3) is 0 Å². The van der Waals surface area contributed by atoms with Gasteiger partial charge in [0.15, 0.2) is 6.29 Å². The molecule has 0 aliphatic carbocycles. The molecule has 1 aromatic carbocycles. The highest BCUT2D eigenvalue weighted by molar-refractivity contribution is 6.19. The summed E-state index contributed by atoms with van der Waals surface area (Å²) in [5, 5.41) is 2.82. The van der Waals surface area contributed by atoms with E-state index in [1.54, 1.807) is 6.92 Å². The fourth-order valence-electron chi connectivity index (χ4n) is 1.65. The second-order valence-corrected chi connectivity index (χ2v) is 4.55. The van der Waals surface area contributed by atoms with E-state index >= 15 is 0 Å². The van der Waals surface area contributed by atoms with Crippen LogP contribution in [-0.4, -0.2) is 25.0 Å². The minimum absolute atomic E-state index is 0.0876. The van der Waals surface area contributed by atoms with Crippen LogP contribution in [0.2, 0.25) is 0 Å². The number of carbonyl (C=O) groups excluding carboxylic acids is 1. The predicted molar refractivity (Wildman–Crippen MR) is 69.6 cm³/mol. The van der Waals surface area contributed by atoms with Crippen molar-refractivity contribution in [3.63, 3.8) is 0 Å². The molecule has 1 aliphatic rings. The van der Waals surface area contributed by atoms with Gasteiger partial charge < -0.3 is 14.8 Å². The molecule has 0 aromatic heterocycles. The smallest absolute Gasteiger partial charge is 0.228 e. The number of amides is 1. The van der Waals surface area contributed by atoms with E-state index in [4.69, 9.17) is 21.1 Å². The SMILES string of the molecule is CC(CCl)C(=O)Nc1cccc(C2OCCO2)c1. The zero-order valence-electron chi connectivity index (χ0n) is 10.2. The van der Waals surface area contributed by atoms with E-state index < -0.39 is 0 Å². The van der Waals surface area contributed by atoms with Gasteiger partial charge in [-0.05, 0) is 12.1 Å². The van der Waals surface area contributed by atoms with Crippen LogP contribution in [0.3, 0.4) is 0 Å². The van der Waals surface area contributed by atoms with Crippen LogP contribution in [-0.2, 0) is 14.3 Å². The van der Waals surface area contributed by atoms with Crippen molar-refractivity contribution in [1.29, 1.82) is 0 Å². The molecule has 4 nitrogen and oxygen atoms in total. The molecule has 1 fully saturated rings. The third-order valence-electron chi connectivity index (χ3n) is 2.73. The Balaban J connectivity index is 2.05. The molecule has 0 radical (unpaired) electrons.